The number of ether oxygens (including phenoxy) is 2. The van der Waals surface area contributed by atoms with E-state index < -0.39 is 11.9 Å². The first-order chi connectivity index (χ1) is 10.1. The van der Waals surface area contributed by atoms with Gasteiger partial charge in [0.25, 0.3) is 0 Å². The second-order valence-electron chi connectivity index (χ2n) is 4.80. The van der Waals surface area contributed by atoms with E-state index in [1.165, 1.54) is 25.8 Å². The molecule has 0 saturated heterocycles. The third kappa shape index (κ3) is 3.16. The van der Waals surface area contributed by atoms with Gasteiger partial charge in [-0.1, -0.05) is 31.2 Å². The van der Waals surface area contributed by atoms with Gasteiger partial charge in [0, 0.05) is 11.6 Å². The van der Waals surface area contributed by atoms with Crippen molar-refractivity contribution in [3.8, 4) is 11.5 Å². The number of halogens is 1. The quantitative estimate of drug-likeness (QED) is 0.917. The third-order valence-corrected chi connectivity index (χ3v) is 3.59. The van der Waals surface area contributed by atoms with Gasteiger partial charge in [-0.3, -0.25) is 0 Å². The second kappa shape index (κ2) is 6.59. The Bertz CT molecular complexity index is 611. The van der Waals surface area contributed by atoms with Gasteiger partial charge in [-0.25, -0.2) is 4.39 Å². The van der Waals surface area contributed by atoms with Crippen LogP contribution in [-0.4, -0.2) is 14.2 Å². The van der Waals surface area contributed by atoms with Crippen LogP contribution in [0.15, 0.2) is 36.4 Å². The molecule has 0 spiro atoms. The number of aryl methyl sites for hydroxylation is 1. The zero-order valence-corrected chi connectivity index (χ0v) is 12.5. The van der Waals surface area contributed by atoms with Gasteiger partial charge >= 0.3 is 0 Å². The van der Waals surface area contributed by atoms with Crippen LogP contribution in [0.2, 0.25) is 0 Å². The largest absolute Gasteiger partial charge is 0.493 e. The maximum Gasteiger partial charge on any atom is 0.163 e. The van der Waals surface area contributed by atoms with Crippen molar-refractivity contribution in [2.45, 2.75) is 19.4 Å². The van der Waals surface area contributed by atoms with E-state index in [0.717, 1.165) is 12.0 Å². The van der Waals surface area contributed by atoms with Crippen LogP contribution in [-0.2, 0) is 6.42 Å². The van der Waals surface area contributed by atoms with Gasteiger partial charge in [0.1, 0.15) is 5.82 Å². The fraction of sp³-hybridized carbons (Fsp3) is 0.294. The van der Waals surface area contributed by atoms with Crippen molar-refractivity contribution in [2.75, 3.05) is 14.2 Å². The molecular weight excluding hydrogens is 269 g/mol. The average Bonchev–Trinajstić information content (AvgIpc) is 2.54. The molecule has 112 valence electrons. The van der Waals surface area contributed by atoms with Gasteiger partial charge in [0.05, 0.1) is 20.3 Å². The Balaban J connectivity index is 2.39. The zero-order chi connectivity index (χ0) is 15.4. The van der Waals surface area contributed by atoms with Crippen molar-refractivity contribution < 1.29 is 13.9 Å². The van der Waals surface area contributed by atoms with Crippen molar-refractivity contribution in [2.24, 2.45) is 5.73 Å². The van der Waals surface area contributed by atoms with Crippen molar-refractivity contribution in [1.82, 2.24) is 0 Å². The van der Waals surface area contributed by atoms with Gasteiger partial charge in [-0.2, -0.15) is 0 Å². The van der Waals surface area contributed by atoms with Gasteiger partial charge in [0.15, 0.2) is 11.5 Å². The van der Waals surface area contributed by atoms with Crippen LogP contribution >= 0.6 is 0 Å². The van der Waals surface area contributed by atoms with E-state index in [-0.39, 0.29) is 0 Å². The summed E-state index contributed by atoms with van der Waals surface area (Å²) in [7, 11) is 2.99. The minimum atomic E-state index is -0.546. The summed E-state index contributed by atoms with van der Waals surface area (Å²) in [6.07, 6.45) is 0.959. The molecule has 2 rings (SSSR count). The highest BCUT2D eigenvalue weighted by Gasteiger charge is 2.18. The van der Waals surface area contributed by atoms with Crippen LogP contribution in [0.25, 0.3) is 0 Å². The Morgan fingerprint density at radius 1 is 1.05 bits per heavy atom. The number of benzene rings is 2. The van der Waals surface area contributed by atoms with E-state index in [0.29, 0.717) is 17.1 Å². The first-order valence-electron chi connectivity index (χ1n) is 6.86. The molecule has 0 bridgehead atoms. The molecule has 0 aromatic heterocycles. The summed E-state index contributed by atoms with van der Waals surface area (Å²) in [6, 6.07) is 10.2. The minimum absolute atomic E-state index is 0.354. The van der Waals surface area contributed by atoms with E-state index in [1.54, 1.807) is 6.07 Å². The Hall–Kier alpha value is -2.07. The summed E-state index contributed by atoms with van der Waals surface area (Å²) in [5.41, 5.74) is 8.65. The van der Waals surface area contributed by atoms with Crippen molar-refractivity contribution in [3.05, 3.63) is 58.9 Å². The van der Waals surface area contributed by atoms with E-state index in [4.69, 9.17) is 15.2 Å². The summed E-state index contributed by atoms with van der Waals surface area (Å²) < 4.78 is 24.5. The Morgan fingerprint density at radius 3 is 2.14 bits per heavy atom. The van der Waals surface area contributed by atoms with E-state index in [2.05, 4.69) is 6.92 Å². The van der Waals surface area contributed by atoms with Crippen LogP contribution < -0.4 is 15.2 Å². The maximum absolute atomic E-state index is 14.2. The van der Waals surface area contributed by atoms with Gasteiger partial charge in [-0.15, -0.1) is 0 Å². The summed E-state index contributed by atoms with van der Waals surface area (Å²) in [5, 5.41) is 0. The number of methoxy groups -OCH3 is 2. The molecule has 2 aromatic rings. The third-order valence-electron chi connectivity index (χ3n) is 3.59. The summed E-state index contributed by atoms with van der Waals surface area (Å²) in [5.74, 6) is 0.418. The van der Waals surface area contributed by atoms with E-state index in [1.807, 2.05) is 24.3 Å². The highest BCUT2D eigenvalue weighted by molar-refractivity contribution is 5.46. The summed E-state index contributed by atoms with van der Waals surface area (Å²) in [6.45, 7) is 2.09. The standard InChI is InChI=1S/C17H20FNO2/c1-4-11-5-7-12(8-6-11)17(19)13-9-15(20-2)16(21-3)10-14(13)18/h5-10,17H,4,19H2,1-3H3. The molecule has 0 radical (unpaired) electrons. The molecule has 21 heavy (non-hydrogen) atoms. The predicted molar refractivity (Wildman–Crippen MR) is 81.4 cm³/mol. The van der Waals surface area contributed by atoms with Gasteiger partial charge < -0.3 is 15.2 Å². The molecule has 1 atom stereocenters. The molecule has 4 heteroatoms. The number of rotatable bonds is 5. The van der Waals surface area contributed by atoms with Crippen molar-refractivity contribution in [1.29, 1.82) is 0 Å². The Kier molecular flexibility index (Phi) is 4.81. The van der Waals surface area contributed by atoms with E-state index >= 15 is 0 Å². The van der Waals surface area contributed by atoms with Crippen LogP contribution in [0.3, 0.4) is 0 Å². The predicted octanol–water partition coefficient (Wildman–Crippen LogP) is 3.45. The molecule has 1 unspecified atom stereocenters. The fourth-order valence-electron chi connectivity index (χ4n) is 2.25. The molecule has 2 aromatic carbocycles. The molecule has 0 aliphatic carbocycles. The lowest BCUT2D eigenvalue weighted by atomic mass is 9.97. The van der Waals surface area contributed by atoms with E-state index in [9.17, 15) is 4.39 Å². The first kappa shape index (κ1) is 15.3. The fourth-order valence-corrected chi connectivity index (χ4v) is 2.25. The van der Waals surface area contributed by atoms with Crippen molar-refractivity contribution >= 4 is 0 Å². The van der Waals surface area contributed by atoms with Crippen LogP contribution in [0, 0.1) is 5.82 Å². The second-order valence-corrected chi connectivity index (χ2v) is 4.80. The highest BCUT2D eigenvalue weighted by atomic mass is 19.1. The topological polar surface area (TPSA) is 44.5 Å². The lowest BCUT2D eigenvalue weighted by Crippen LogP contribution is -2.14. The molecule has 0 fully saturated rings. The van der Waals surface area contributed by atoms with Crippen LogP contribution in [0.1, 0.15) is 29.7 Å². The monoisotopic (exact) mass is 289 g/mol. The maximum atomic E-state index is 14.2. The van der Waals surface area contributed by atoms with Crippen LogP contribution in [0.5, 0.6) is 11.5 Å². The number of hydrogen-bond donors (Lipinski definition) is 1. The highest BCUT2D eigenvalue weighted by Crippen LogP contribution is 2.33. The molecule has 0 amide bonds. The van der Waals surface area contributed by atoms with Gasteiger partial charge in [-0.05, 0) is 23.6 Å². The molecule has 2 N–H and O–H groups in total. The molecule has 3 nitrogen and oxygen atoms in total. The smallest absolute Gasteiger partial charge is 0.163 e. The first-order valence-corrected chi connectivity index (χ1v) is 6.86. The van der Waals surface area contributed by atoms with Gasteiger partial charge in [0.2, 0.25) is 0 Å². The summed E-state index contributed by atoms with van der Waals surface area (Å²) >= 11 is 0. The number of hydrogen-bond acceptors (Lipinski definition) is 3. The average molecular weight is 289 g/mol. The molecule has 0 aliphatic heterocycles. The Morgan fingerprint density at radius 2 is 1.62 bits per heavy atom. The molecule has 0 aliphatic rings. The zero-order valence-electron chi connectivity index (χ0n) is 12.5. The molecule has 0 saturated carbocycles. The lowest BCUT2D eigenvalue weighted by molar-refractivity contribution is 0.351. The summed E-state index contributed by atoms with van der Waals surface area (Å²) in [4.78, 5) is 0. The number of nitrogens with two attached hydrogens (primary N) is 1. The molecular formula is C17H20FNO2. The minimum Gasteiger partial charge on any atom is -0.493 e. The Labute approximate surface area is 124 Å². The normalized spacial score (nSPS) is 12.0. The lowest BCUT2D eigenvalue weighted by Gasteiger charge is -2.17. The van der Waals surface area contributed by atoms with Crippen LogP contribution in [0.4, 0.5) is 4.39 Å². The SMILES string of the molecule is CCc1ccc(C(N)c2cc(OC)c(OC)cc2F)cc1. The van der Waals surface area contributed by atoms with Crippen molar-refractivity contribution in [3.63, 3.8) is 0 Å². The molecule has 0 heterocycles.